The highest BCUT2D eigenvalue weighted by Gasteiger charge is 2.37. The predicted octanol–water partition coefficient (Wildman–Crippen LogP) is 0.846. The second-order valence-corrected chi connectivity index (χ2v) is 5.72. The molecule has 106 valence electrons. The van der Waals surface area contributed by atoms with E-state index >= 15 is 0 Å². The molecule has 5 nitrogen and oxygen atoms in total. The number of aromatic nitrogens is 2. The average molecular weight is 264 g/mol. The second kappa shape index (κ2) is 5.23. The van der Waals surface area contributed by atoms with Crippen molar-refractivity contribution in [1.29, 1.82) is 0 Å². The van der Waals surface area contributed by atoms with Crippen LogP contribution < -0.4 is 5.73 Å². The summed E-state index contributed by atoms with van der Waals surface area (Å²) in [5.41, 5.74) is 8.54. The van der Waals surface area contributed by atoms with E-state index in [-0.39, 0.29) is 6.04 Å². The molecule has 5 heteroatoms. The zero-order chi connectivity index (χ0) is 13.4. The summed E-state index contributed by atoms with van der Waals surface area (Å²) in [6.07, 6.45) is 6.32. The van der Waals surface area contributed by atoms with Crippen LogP contribution in [0.4, 0.5) is 0 Å². The maximum absolute atomic E-state index is 6.06. The van der Waals surface area contributed by atoms with Crippen molar-refractivity contribution in [1.82, 2.24) is 14.7 Å². The fraction of sp³-hybridized carbons (Fsp3) is 0.786. The van der Waals surface area contributed by atoms with Crippen molar-refractivity contribution in [3.8, 4) is 0 Å². The van der Waals surface area contributed by atoms with Crippen LogP contribution in [-0.2, 0) is 18.2 Å². The lowest BCUT2D eigenvalue weighted by molar-refractivity contribution is -0.0522. The molecule has 3 atom stereocenters. The minimum Gasteiger partial charge on any atom is -0.372 e. The average Bonchev–Trinajstić information content (AvgIpc) is 2.93. The Labute approximate surface area is 114 Å². The lowest BCUT2D eigenvalue weighted by Crippen LogP contribution is -2.46. The van der Waals surface area contributed by atoms with Crippen LogP contribution in [0.25, 0.3) is 0 Å². The minimum absolute atomic E-state index is 0.288. The van der Waals surface area contributed by atoms with Crippen LogP contribution in [0.1, 0.15) is 37.1 Å². The molecule has 3 unspecified atom stereocenters. The Morgan fingerprint density at radius 2 is 2.11 bits per heavy atom. The normalized spacial score (nSPS) is 28.8. The number of hydrogen-bond donors (Lipinski definition) is 1. The summed E-state index contributed by atoms with van der Waals surface area (Å²) in [4.78, 5) is 2.50. The summed E-state index contributed by atoms with van der Waals surface area (Å²) in [7, 11) is 1.99. The zero-order valence-electron chi connectivity index (χ0n) is 11.9. The van der Waals surface area contributed by atoms with Crippen LogP contribution in [0, 0.1) is 0 Å². The van der Waals surface area contributed by atoms with Crippen molar-refractivity contribution in [3.63, 3.8) is 0 Å². The van der Waals surface area contributed by atoms with Crippen LogP contribution in [0.2, 0.25) is 0 Å². The summed E-state index contributed by atoms with van der Waals surface area (Å²) in [6.45, 7) is 4.83. The Morgan fingerprint density at radius 1 is 1.42 bits per heavy atom. The van der Waals surface area contributed by atoms with Gasteiger partial charge in [-0.25, -0.2) is 0 Å². The van der Waals surface area contributed by atoms with Crippen molar-refractivity contribution in [3.05, 3.63) is 17.5 Å². The molecule has 1 aromatic heterocycles. The SMILES string of the molecule is CCc1nn(C)cc1C(CN)N1CC2CCC(C1)O2. The number of ether oxygens (including phenoxy) is 1. The third-order valence-corrected chi connectivity index (χ3v) is 4.37. The zero-order valence-corrected chi connectivity index (χ0v) is 11.9. The Morgan fingerprint density at radius 3 is 2.68 bits per heavy atom. The molecular formula is C14H24N4O. The Balaban J connectivity index is 1.83. The van der Waals surface area contributed by atoms with Crippen LogP contribution in [0.3, 0.4) is 0 Å². The molecule has 2 fully saturated rings. The summed E-state index contributed by atoms with van der Waals surface area (Å²) in [5.74, 6) is 0. The lowest BCUT2D eigenvalue weighted by atomic mass is 10.0. The van der Waals surface area contributed by atoms with E-state index in [1.165, 1.54) is 24.1 Å². The number of morpholine rings is 1. The van der Waals surface area contributed by atoms with Crippen LogP contribution in [0.15, 0.2) is 6.20 Å². The molecule has 2 bridgehead atoms. The highest BCUT2D eigenvalue weighted by atomic mass is 16.5. The number of fused-ring (bicyclic) bond motifs is 2. The topological polar surface area (TPSA) is 56.3 Å². The highest BCUT2D eigenvalue weighted by molar-refractivity contribution is 5.22. The van der Waals surface area contributed by atoms with Crippen LogP contribution in [0.5, 0.6) is 0 Å². The van der Waals surface area contributed by atoms with Crippen molar-refractivity contribution in [2.75, 3.05) is 19.6 Å². The van der Waals surface area contributed by atoms with E-state index in [1.54, 1.807) is 0 Å². The van der Waals surface area contributed by atoms with Crippen molar-refractivity contribution in [2.45, 2.75) is 44.4 Å². The first kappa shape index (κ1) is 13.1. The summed E-state index contributed by atoms with van der Waals surface area (Å²) in [6, 6.07) is 0.288. The second-order valence-electron chi connectivity index (χ2n) is 5.72. The van der Waals surface area contributed by atoms with Crippen LogP contribution >= 0.6 is 0 Å². The number of rotatable bonds is 4. The third-order valence-electron chi connectivity index (χ3n) is 4.37. The lowest BCUT2D eigenvalue weighted by Gasteiger charge is -2.37. The number of nitrogens with two attached hydrogens (primary N) is 1. The number of nitrogens with zero attached hydrogens (tertiary/aromatic N) is 3. The molecule has 2 aliphatic rings. The van der Waals surface area contributed by atoms with E-state index < -0.39 is 0 Å². The first-order valence-corrected chi connectivity index (χ1v) is 7.33. The highest BCUT2D eigenvalue weighted by Crippen LogP contribution is 2.32. The fourth-order valence-corrected chi connectivity index (χ4v) is 3.48. The van der Waals surface area contributed by atoms with Crippen molar-refractivity contribution < 1.29 is 4.74 Å². The van der Waals surface area contributed by atoms with E-state index in [9.17, 15) is 0 Å². The molecule has 3 rings (SSSR count). The van der Waals surface area contributed by atoms with Gasteiger partial charge in [-0.15, -0.1) is 0 Å². The predicted molar refractivity (Wildman–Crippen MR) is 73.8 cm³/mol. The molecule has 0 aromatic carbocycles. The molecule has 1 aromatic rings. The smallest absolute Gasteiger partial charge is 0.0707 e. The van der Waals surface area contributed by atoms with Crippen molar-refractivity contribution >= 4 is 0 Å². The first-order chi connectivity index (χ1) is 9.21. The molecule has 0 saturated carbocycles. The summed E-state index contributed by atoms with van der Waals surface area (Å²) < 4.78 is 7.83. The monoisotopic (exact) mass is 264 g/mol. The summed E-state index contributed by atoms with van der Waals surface area (Å²) in [5, 5.41) is 4.55. The van der Waals surface area contributed by atoms with Gasteiger partial charge in [0.15, 0.2) is 0 Å². The molecule has 2 aliphatic heterocycles. The molecule has 0 spiro atoms. The minimum atomic E-state index is 0.288. The molecule has 3 heterocycles. The molecule has 2 N–H and O–H groups in total. The van der Waals surface area contributed by atoms with E-state index in [4.69, 9.17) is 10.5 Å². The van der Waals surface area contributed by atoms with Gasteiger partial charge in [0.05, 0.1) is 23.9 Å². The van der Waals surface area contributed by atoms with E-state index in [0.717, 1.165) is 19.5 Å². The molecule has 2 saturated heterocycles. The quantitative estimate of drug-likeness (QED) is 0.876. The number of likely N-dealkylation sites (tertiary alicyclic amines) is 1. The van der Waals surface area contributed by atoms with E-state index in [2.05, 4.69) is 23.1 Å². The van der Waals surface area contributed by atoms with Crippen LogP contribution in [-0.4, -0.2) is 46.5 Å². The maximum atomic E-state index is 6.06. The van der Waals surface area contributed by atoms with E-state index in [0.29, 0.717) is 18.8 Å². The van der Waals surface area contributed by atoms with Gasteiger partial charge in [-0.2, -0.15) is 5.10 Å². The van der Waals surface area contributed by atoms with Gasteiger partial charge in [-0.05, 0) is 19.3 Å². The molecule has 0 aliphatic carbocycles. The maximum Gasteiger partial charge on any atom is 0.0707 e. The summed E-state index contributed by atoms with van der Waals surface area (Å²) >= 11 is 0. The first-order valence-electron chi connectivity index (χ1n) is 7.33. The molecule has 19 heavy (non-hydrogen) atoms. The van der Waals surface area contributed by atoms with Gasteiger partial charge in [0.2, 0.25) is 0 Å². The van der Waals surface area contributed by atoms with Gasteiger partial charge in [-0.1, -0.05) is 6.92 Å². The van der Waals surface area contributed by atoms with Gasteiger partial charge < -0.3 is 10.5 Å². The largest absolute Gasteiger partial charge is 0.372 e. The van der Waals surface area contributed by atoms with E-state index in [1.807, 2.05) is 11.7 Å². The molecule has 0 amide bonds. The Kier molecular flexibility index (Phi) is 3.60. The Hall–Kier alpha value is -0.910. The molecule has 0 radical (unpaired) electrons. The van der Waals surface area contributed by atoms with Crippen molar-refractivity contribution in [2.24, 2.45) is 12.8 Å². The van der Waals surface area contributed by atoms with Gasteiger partial charge in [0.1, 0.15) is 0 Å². The molecular weight excluding hydrogens is 240 g/mol. The fourth-order valence-electron chi connectivity index (χ4n) is 3.48. The number of aryl methyl sites for hydroxylation is 2. The Bertz CT molecular complexity index is 433. The van der Waals surface area contributed by atoms with Gasteiger partial charge in [0, 0.05) is 38.4 Å². The number of hydrogen-bond acceptors (Lipinski definition) is 4. The standard InChI is InChI=1S/C14H24N4O/c1-3-13-12(9-17(2)16-13)14(6-15)18-7-10-4-5-11(8-18)19-10/h9-11,14H,3-8,15H2,1-2H3. The van der Waals surface area contributed by atoms with Gasteiger partial charge in [0.25, 0.3) is 0 Å². The van der Waals surface area contributed by atoms with Gasteiger partial charge >= 0.3 is 0 Å². The van der Waals surface area contributed by atoms with Gasteiger partial charge in [-0.3, -0.25) is 9.58 Å². The third kappa shape index (κ3) is 2.42.